The molecule has 25 heavy (non-hydrogen) atoms. The molecule has 0 aromatic heterocycles. The van der Waals surface area contributed by atoms with E-state index in [2.05, 4.69) is 15.8 Å². The van der Waals surface area contributed by atoms with E-state index >= 15 is 0 Å². The molecule has 1 rings (SSSR count). The summed E-state index contributed by atoms with van der Waals surface area (Å²) in [7, 11) is 2.42. The maximum atomic E-state index is 13.0. The van der Waals surface area contributed by atoms with Gasteiger partial charge in [0.2, 0.25) is 0 Å². The van der Waals surface area contributed by atoms with Crippen molar-refractivity contribution < 1.29 is 22.0 Å². The minimum atomic E-state index is -1.16. The Morgan fingerprint density at radius 2 is 1.52 bits per heavy atom. The number of rotatable bonds is 3. The fourth-order valence-electron chi connectivity index (χ4n) is 1.40. The highest BCUT2D eigenvalue weighted by atomic mass is 31.0. The van der Waals surface area contributed by atoms with Gasteiger partial charge in [-0.05, 0) is 31.1 Å². The van der Waals surface area contributed by atoms with Gasteiger partial charge in [-0.1, -0.05) is 47.0 Å². The molecule has 0 aliphatic carbocycles. The zero-order chi connectivity index (χ0) is 20.6. The van der Waals surface area contributed by atoms with Crippen molar-refractivity contribution in [3.05, 3.63) is 71.6 Å². The first kappa shape index (κ1) is 28.3. The smallest absolute Gasteiger partial charge is 0.161 e. The Labute approximate surface area is 150 Å². The minimum Gasteiger partial charge on any atom is -0.207 e. The van der Waals surface area contributed by atoms with E-state index in [9.17, 15) is 22.0 Å². The Kier molecular flexibility index (Phi) is 19.7. The van der Waals surface area contributed by atoms with Crippen molar-refractivity contribution in [3.8, 4) is 0 Å². The first-order valence-corrected chi connectivity index (χ1v) is 8.92. The van der Waals surface area contributed by atoms with Gasteiger partial charge in [0, 0.05) is 11.6 Å². The van der Waals surface area contributed by atoms with Crippen LogP contribution in [-0.2, 0) is 0 Å². The average Bonchev–Trinajstić information content (AvgIpc) is 2.62. The molecular formula is C19H28F5P. The lowest BCUT2D eigenvalue weighted by atomic mass is 10.0. The van der Waals surface area contributed by atoms with Crippen LogP contribution in [0.15, 0.2) is 54.2 Å². The maximum Gasteiger partial charge on any atom is 0.161 e. The summed E-state index contributed by atoms with van der Waals surface area (Å²) in [5.41, 5.74) is 0.0903. The Hall–Kier alpha value is -1.48. The van der Waals surface area contributed by atoms with Gasteiger partial charge >= 0.3 is 0 Å². The number of halogens is 5. The summed E-state index contributed by atoms with van der Waals surface area (Å²) in [6.07, 6.45) is 2.27. The quantitative estimate of drug-likeness (QED) is 0.219. The Morgan fingerprint density at radius 1 is 1.04 bits per heavy atom. The Balaban J connectivity index is -0.000000329. The fraction of sp³-hybridized carbons (Fsp3) is 0.368. The van der Waals surface area contributed by atoms with Gasteiger partial charge in [-0.15, -0.1) is 9.24 Å². The van der Waals surface area contributed by atoms with Crippen LogP contribution in [0.1, 0.15) is 34.6 Å². The first-order chi connectivity index (χ1) is 11.7. The molecule has 0 radical (unpaired) electrons. The van der Waals surface area contributed by atoms with Crippen molar-refractivity contribution in [2.45, 2.75) is 34.6 Å². The second-order valence-electron chi connectivity index (χ2n) is 4.32. The minimum absolute atomic E-state index is 0.0903. The van der Waals surface area contributed by atoms with Crippen LogP contribution >= 0.6 is 9.24 Å². The van der Waals surface area contributed by atoms with E-state index in [1.54, 1.807) is 13.8 Å². The number of allylic oxidation sites excluding steroid dienone is 5. The normalized spacial score (nSPS) is 11.0. The molecule has 0 aliphatic heterocycles. The maximum absolute atomic E-state index is 13.0. The third-order valence-corrected chi connectivity index (χ3v) is 2.41. The molecule has 0 saturated heterocycles. The van der Waals surface area contributed by atoms with Gasteiger partial charge in [0.1, 0.15) is 17.5 Å². The SMILES string of the molecule is C=C/C(F)=C(\C(F)=C/C)C(C)C.CC.CP.Fc1ccc(F)c(F)c1. The topological polar surface area (TPSA) is 0 Å². The Morgan fingerprint density at radius 3 is 1.80 bits per heavy atom. The lowest BCUT2D eigenvalue weighted by Crippen LogP contribution is -1.97. The zero-order valence-electron chi connectivity index (χ0n) is 15.6. The molecule has 1 atom stereocenters. The molecular weight excluding hydrogens is 354 g/mol. The van der Waals surface area contributed by atoms with E-state index < -0.39 is 29.1 Å². The molecule has 1 aromatic rings. The van der Waals surface area contributed by atoms with Crippen molar-refractivity contribution in [1.29, 1.82) is 0 Å². The van der Waals surface area contributed by atoms with Crippen molar-refractivity contribution in [2.24, 2.45) is 5.92 Å². The van der Waals surface area contributed by atoms with Crippen LogP contribution in [0.2, 0.25) is 0 Å². The van der Waals surface area contributed by atoms with Crippen molar-refractivity contribution >= 4 is 9.24 Å². The van der Waals surface area contributed by atoms with Crippen LogP contribution in [0.3, 0.4) is 0 Å². The summed E-state index contributed by atoms with van der Waals surface area (Å²) in [6, 6.07) is 2.10. The van der Waals surface area contributed by atoms with E-state index in [-0.39, 0.29) is 11.5 Å². The Bertz CT molecular complexity index is 549. The third-order valence-electron chi connectivity index (χ3n) is 2.41. The summed E-state index contributed by atoms with van der Waals surface area (Å²) >= 11 is 0. The summed E-state index contributed by atoms with van der Waals surface area (Å²) in [4.78, 5) is 0. The lowest BCUT2D eigenvalue weighted by Gasteiger charge is -2.08. The molecule has 0 nitrogen and oxygen atoms in total. The second-order valence-corrected chi connectivity index (χ2v) is 4.32. The molecule has 0 spiro atoms. The highest BCUT2D eigenvalue weighted by Crippen LogP contribution is 2.25. The molecule has 6 heteroatoms. The average molecular weight is 382 g/mol. The van der Waals surface area contributed by atoms with E-state index in [1.165, 1.54) is 13.0 Å². The standard InChI is InChI=1S/C10H14F2.C6H3F3.C2H6.CH5P/c1-5-8(11)10(7(3)4)9(12)6-2;7-4-1-2-5(8)6(9)3-4;2*1-2/h5-7H,1H2,2-4H3;1-3H;1-2H3;2H2,1H3/b9-6+,10-8+;;;. The van der Waals surface area contributed by atoms with Crippen LogP contribution in [0.25, 0.3) is 0 Å². The largest absolute Gasteiger partial charge is 0.207 e. The van der Waals surface area contributed by atoms with Crippen molar-refractivity contribution in [3.63, 3.8) is 0 Å². The molecule has 0 bridgehead atoms. The van der Waals surface area contributed by atoms with E-state index in [4.69, 9.17) is 0 Å². The van der Waals surface area contributed by atoms with Gasteiger partial charge in [0.05, 0.1) is 0 Å². The fourth-order valence-corrected chi connectivity index (χ4v) is 1.40. The molecule has 1 unspecified atom stereocenters. The lowest BCUT2D eigenvalue weighted by molar-refractivity contribution is 0.495. The van der Waals surface area contributed by atoms with Crippen LogP contribution in [0.4, 0.5) is 22.0 Å². The molecule has 144 valence electrons. The zero-order valence-corrected chi connectivity index (χ0v) is 16.8. The predicted octanol–water partition coefficient (Wildman–Crippen LogP) is 7.55. The van der Waals surface area contributed by atoms with Crippen LogP contribution in [-0.4, -0.2) is 6.66 Å². The highest BCUT2D eigenvalue weighted by Gasteiger charge is 2.12. The van der Waals surface area contributed by atoms with Gasteiger partial charge in [0.25, 0.3) is 0 Å². The van der Waals surface area contributed by atoms with Gasteiger partial charge in [-0.25, -0.2) is 22.0 Å². The van der Waals surface area contributed by atoms with Gasteiger partial charge in [-0.3, -0.25) is 0 Å². The van der Waals surface area contributed by atoms with E-state index in [0.29, 0.717) is 6.07 Å². The number of hydrogen-bond acceptors (Lipinski definition) is 0. The van der Waals surface area contributed by atoms with Gasteiger partial charge < -0.3 is 0 Å². The van der Waals surface area contributed by atoms with Crippen molar-refractivity contribution in [1.82, 2.24) is 0 Å². The van der Waals surface area contributed by atoms with Crippen LogP contribution in [0, 0.1) is 23.4 Å². The monoisotopic (exact) mass is 382 g/mol. The van der Waals surface area contributed by atoms with Gasteiger partial charge in [0.15, 0.2) is 11.6 Å². The van der Waals surface area contributed by atoms with E-state index in [1.807, 2.05) is 20.5 Å². The summed E-state index contributed by atoms with van der Waals surface area (Å²) < 4.78 is 61.8. The molecule has 0 saturated carbocycles. The number of hydrogen-bond donors (Lipinski definition) is 0. The molecule has 1 aromatic carbocycles. The molecule has 0 fully saturated rings. The predicted molar refractivity (Wildman–Crippen MR) is 101 cm³/mol. The van der Waals surface area contributed by atoms with Crippen LogP contribution in [0.5, 0.6) is 0 Å². The highest BCUT2D eigenvalue weighted by molar-refractivity contribution is 7.15. The third kappa shape index (κ3) is 12.5. The van der Waals surface area contributed by atoms with Crippen molar-refractivity contribution in [2.75, 3.05) is 6.66 Å². The van der Waals surface area contributed by atoms with Crippen LogP contribution < -0.4 is 0 Å². The summed E-state index contributed by atoms with van der Waals surface area (Å²) in [6.45, 7) is 14.2. The molecule has 0 heterocycles. The molecule has 0 amide bonds. The first-order valence-electron chi connectivity index (χ1n) is 7.77. The van der Waals surface area contributed by atoms with E-state index in [0.717, 1.165) is 18.2 Å². The second kappa shape index (κ2) is 17.3. The number of benzene rings is 1. The summed E-state index contributed by atoms with van der Waals surface area (Å²) in [5, 5.41) is 0. The van der Waals surface area contributed by atoms with Gasteiger partial charge in [-0.2, -0.15) is 0 Å². The molecule has 0 aliphatic rings. The summed E-state index contributed by atoms with van der Waals surface area (Å²) in [5.74, 6) is -4.22. The molecule has 0 N–H and O–H groups in total.